The first-order chi connectivity index (χ1) is 14.2. The summed E-state index contributed by atoms with van der Waals surface area (Å²) in [6, 6.07) is 4.02. The van der Waals surface area contributed by atoms with Crippen LogP contribution in [0.4, 0.5) is 9.18 Å². The van der Waals surface area contributed by atoms with Gasteiger partial charge in [-0.3, -0.25) is 4.52 Å². The van der Waals surface area contributed by atoms with E-state index >= 15 is 0 Å². The van der Waals surface area contributed by atoms with Gasteiger partial charge in [-0.05, 0) is 72.9 Å². The highest BCUT2D eigenvalue weighted by molar-refractivity contribution is 9.10. The number of ether oxygens (including phenoxy) is 1. The van der Waals surface area contributed by atoms with Crippen LogP contribution in [0, 0.1) is 5.82 Å². The first-order valence-electron chi connectivity index (χ1n) is 8.98. The van der Waals surface area contributed by atoms with Crippen LogP contribution in [-0.4, -0.2) is 38.3 Å². The molecule has 0 aliphatic carbocycles. The van der Waals surface area contributed by atoms with Gasteiger partial charge in [0, 0.05) is 6.54 Å². The number of hydrogen-bond donors (Lipinski definition) is 1. The predicted octanol–water partition coefficient (Wildman–Crippen LogP) is 3.23. The monoisotopic (exact) mass is 483 g/mol. The smallest absolute Gasteiger partial charge is 0.444 e. The zero-order valence-corrected chi connectivity index (χ0v) is 18.0. The molecule has 1 amide bonds. The fourth-order valence-corrected chi connectivity index (χ4v) is 2.92. The second-order valence-corrected chi connectivity index (χ2v) is 8.15. The molecule has 0 saturated heterocycles. The standard InChI is InChI=1S/C18H19BrFN5O5/c1-18(2,3)28-16(26)21-8-4-5-13-14(23-30-22-13)15-24-29-17(27)25(15)10-6-7-12(20)11(19)9-10/h6-7,9H,4-5,8H2,1-3H3,(H,21,26). The lowest BCUT2D eigenvalue weighted by Gasteiger charge is -2.19. The summed E-state index contributed by atoms with van der Waals surface area (Å²) in [7, 11) is 0. The third kappa shape index (κ3) is 5.12. The Morgan fingerprint density at radius 1 is 1.30 bits per heavy atom. The zero-order valence-electron chi connectivity index (χ0n) is 16.4. The summed E-state index contributed by atoms with van der Waals surface area (Å²) < 4.78 is 29.6. The van der Waals surface area contributed by atoms with Gasteiger partial charge in [0.05, 0.1) is 10.2 Å². The van der Waals surface area contributed by atoms with Gasteiger partial charge in [-0.25, -0.2) is 23.2 Å². The van der Waals surface area contributed by atoms with Crippen molar-refractivity contribution in [3.05, 3.63) is 44.7 Å². The number of nitrogens with zero attached hydrogens (tertiary/aromatic N) is 4. The number of carbonyl (C=O) groups is 1. The number of halogens is 2. The number of hydrogen-bond acceptors (Lipinski definition) is 8. The highest BCUT2D eigenvalue weighted by Gasteiger charge is 2.23. The average Bonchev–Trinajstić information content (AvgIpc) is 3.26. The molecule has 0 unspecified atom stereocenters. The van der Waals surface area contributed by atoms with E-state index in [-0.39, 0.29) is 16.0 Å². The number of amides is 1. The number of alkyl carbamates (subject to hydrolysis) is 1. The molecule has 3 aromatic rings. The molecule has 0 aliphatic heterocycles. The topological polar surface area (TPSA) is 125 Å². The van der Waals surface area contributed by atoms with Crippen LogP contribution in [-0.2, 0) is 11.2 Å². The number of nitrogens with one attached hydrogen (secondary N) is 1. The Morgan fingerprint density at radius 2 is 2.07 bits per heavy atom. The van der Waals surface area contributed by atoms with Crippen LogP contribution in [0.1, 0.15) is 32.9 Å². The van der Waals surface area contributed by atoms with E-state index < -0.39 is 23.3 Å². The van der Waals surface area contributed by atoms with E-state index in [2.05, 4.69) is 36.7 Å². The molecular weight excluding hydrogens is 465 g/mol. The van der Waals surface area contributed by atoms with Crippen molar-refractivity contribution in [2.24, 2.45) is 0 Å². The van der Waals surface area contributed by atoms with Crippen LogP contribution in [0.25, 0.3) is 17.2 Å². The van der Waals surface area contributed by atoms with E-state index in [1.165, 1.54) is 18.2 Å². The molecule has 12 heteroatoms. The first kappa shape index (κ1) is 21.7. The molecule has 0 aliphatic rings. The minimum absolute atomic E-state index is 0.0647. The second-order valence-electron chi connectivity index (χ2n) is 7.30. The summed E-state index contributed by atoms with van der Waals surface area (Å²) in [5.74, 6) is -1.19. The summed E-state index contributed by atoms with van der Waals surface area (Å²) in [5.41, 5.74) is 0.368. The first-order valence-corrected chi connectivity index (χ1v) is 9.78. The van der Waals surface area contributed by atoms with Crippen molar-refractivity contribution in [2.75, 3.05) is 6.54 Å². The minimum Gasteiger partial charge on any atom is -0.444 e. The normalized spacial score (nSPS) is 11.5. The highest BCUT2D eigenvalue weighted by atomic mass is 79.9. The molecule has 0 saturated carbocycles. The Kier molecular flexibility index (Phi) is 6.34. The number of rotatable bonds is 6. The molecule has 0 atom stereocenters. The number of aryl methyl sites for hydroxylation is 1. The fraction of sp³-hybridized carbons (Fsp3) is 0.389. The Hall–Kier alpha value is -3.02. The van der Waals surface area contributed by atoms with E-state index in [4.69, 9.17) is 13.9 Å². The lowest BCUT2D eigenvalue weighted by atomic mass is 10.2. The quantitative estimate of drug-likeness (QED) is 0.529. The summed E-state index contributed by atoms with van der Waals surface area (Å²) in [4.78, 5) is 23.9. The van der Waals surface area contributed by atoms with E-state index in [0.29, 0.717) is 30.8 Å². The maximum absolute atomic E-state index is 13.6. The van der Waals surface area contributed by atoms with Gasteiger partial charge in [-0.15, -0.1) is 0 Å². The van der Waals surface area contributed by atoms with Gasteiger partial charge >= 0.3 is 11.8 Å². The average molecular weight is 484 g/mol. The van der Waals surface area contributed by atoms with Crippen LogP contribution in [0.5, 0.6) is 0 Å². The van der Waals surface area contributed by atoms with Gasteiger partial charge in [-0.2, -0.15) is 0 Å². The molecule has 30 heavy (non-hydrogen) atoms. The molecule has 3 rings (SSSR count). The van der Waals surface area contributed by atoms with Crippen molar-refractivity contribution in [1.82, 2.24) is 25.4 Å². The summed E-state index contributed by atoms with van der Waals surface area (Å²) >= 11 is 3.08. The number of carbonyl (C=O) groups excluding carboxylic acids is 1. The van der Waals surface area contributed by atoms with Crippen LogP contribution >= 0.6 is 15.9 Å². The lowest BCUT2D eigenvalue weighted by Crippen LogP contribution is -2.33. The fourth-order valence-electron chi connectivity index (χ4n) is 2.55. The van der Waals surface area contributed by atoms with E-state index in [0.717, 1.165) is 4.57 Å². The molecular formula is C18H19BrFN5O5. The highest BCUT2D eigenvalue weighted by Crippen LogP contribution is 2.24. The third-order valence-corrected chi connectivity index (χ3v) is 4.40. The van der Waals surface area contributed by atoms with Crippen molar-refractivity contribution in [3.63, 3.8) is 0 Å². The number of benzene rings is 1. The minimum atomic E-state index is -0.774. The Morgan fingerprint density at radius 3 is 2.77 bits per heavy atom. The van der Waals surface area contributed by atoms with Crippen LogP contribution in [0.2, 0.25) is 0 Å². The van der Waals surface area contributed by atoms with Gasteiger partial charge in [-0.1, -0.05) is 10.3 Å². The molecule has 0 bridgehead atoms. The van der Waals surface area contributed by atoms with Crippen LogP contribution in [0.15, 0.2) is 36.6 Å². The molecule has 0 fully saturated rings. The van der Waals surface area contributed by atoms with Crippen molar-refractivity contribution >= 4 is 22.0 Å². The van der Waals surface area contributed by atoms with Gasteiger partial charge in [0.25, 0.3) is 0 Å². The van der Waals surface area contributed by atoms with Gasteiger partial charge in [0.2, 0.25) is 5.82 Å². The summed E-state index contributed by atoms with van der Waals surface area (Å²) in [5, 5.41) is 14.1. The van der Waals surface area contributed by atoms with E-state index in [9.17, 15) is 14.0 Å². The van der Waals surface area contributed by atoms with E-state index in [1.807, 2.05) is 0 Å². The third-order valence-electron chi connectivity index (χ3n) is 3.79. The molecule has 2 heterocycles. The van der Waals surface area contributed by atoms with Crippen molar-refractivity contribution in [2.45, 2.75) is 39.2 Å². The van der Waals surface area contributed by atoms with Crippen molar-refractivity contribution in [1.29, 1.82) is 0 Å². The van der Waals surface area contributed by atoms with Gasteiger partial charge < -0.3 is 10.1 Å². The molecule has 1 N–H and O–H groups in total. The maximum atomic E-state index is 13.6. The molecule has 0 spiro atoms. The molecule has 10 nitrogen and oxygen atoms in total. The number of aromatic nitrogens is 4. The Bertz CT molecular complexity index is 1100. The lowest BCUT2D eigenvalue weighted by molar-refractivity contribution is 0.0527. The second kappa shape index (κ2) is 8.78. The van der Waals surface area contributed by atoms with Crippen molar-refractivity contribution < 1.29 is 23.1 Å². The zero-order chi connectivity index (χ0) is 21.9. The van der Waals surface area contributed by atoms with Crippen LogP contribution < -0.4 is 11.1 Å². The van der Waals surface area contributed by atoms with E-state index in [1.54, 1.807) is 20.8 Å². The maximum Gasteiger partial charge on any atom is 0.446 e. The Balaban J connectivity index is 1.74. The van der Waals surface area contributed by atoms with Crippen molar-refractivity contribution in [3.8, 4) is 17.2 Å². The summed E-state index contributed by atoms with van der Waals surface area (Å²) in [6.45, 7) is 5.66. The molecule has 160 valence electrons. The molecule has 0 radical (unpaired) electrons. The van der Waals surface area contributed by atoms with Crippen LogP contribution in [0.3, 0.4) is 0 Å². The summed E-state index contributed by atoms with van der Waals surface area (Å²) in [6.07, 6.45) is 0.362. The van der Waals surface area contributed by atoms with Gasteiger partial charge in [0.1, 0.15) is 17.1 Å². The SMILES string of the molecule is CC(C)(C)OC(=O)NCCCc1nonc1-c1noc(=O)n1-c1ccc(F)c(Br)c1. The largest absolute Gasteiger partial charge is 0.446 e. The molecule has 1 aromatic carbocycles. The molecule has 2 aromatic heterocycles. The Labute approximate surface area is 178 Å². The van der Waals surface area contributed by atoms with Gasteiger partial charge in [0.15, 0.2) is 5.69 Å². The predicted molar refractivity (Wildman–Crippen MR) is 106 cm³/mol.